The fraction of sp³-hybridized carbons (Fsp3) is 0.514. The molecule has 0 aromatic heterocycles. The molecule has 0 saturated carbocycles. The molecule has 1 amide bonds. The van der Waals surface area contributed by atoms with Gasteiger partial charge in [0.1, 0.15) is 0 Å². The van der Waals surface area contributed by atoms with Gasteiger partial charge in [0.25, 0.3) is 0 Å². The van der Waals surface area contributed by atoms with E-state index in [9.17, 15) is 19.1 Å². The van der Waals surface area contributed by atoms with Gasteiger partial charge < -0.3 is 15.1 Å². The van der Waals surface area contributed by atoms with Gasteiger partial charge in [0.15, 0.2) is 0 Å². The number of carbonyl (C=O) groups excluding carboxylic acids is 1. The van der Waals surface area contributed by atoms with Gasteiger partial charge >= 0.3 is 7.82 Å². The third-order valence-corrected chi connectivity index (χ3v) is 7.69. The fourth-order valence-corrected chi connectivity index (χ4v) is 5.17. The first kappa shape index (κ1) is 35.7. The number of unbranched alkanes of at least 4 members (excludes halogenated alkanes) is 11. The highest BCUT2D eigenvalue weighted by molar-refractivity contribution is 7.46. The van der Waals surface area contributed by atoms with Crippen LogP contribution in [0.15, 0.2) is 66.7 Å². The maximum Gasteiger partial charge on any atom is 0.469 e. The lowest BCUT2D eigenvalue weighted by Crippen LogP contribution is -2.39. The summed E-state index contributed by atoms with van der Waals surface area (Å²) in [6, 6.07) is 17.4. The molecule has 0 unspecified atom stereocenters. The number of allylic oxidation sites excluding steroid dienone is 2. The highest BCUT2D eigenvalue weighted by atomic mass is 31.2. The predicted octanol–water partition coefficient (Wildman–Crippen LogP) is 9.03. The third-order valence-electron chi connectivity index (χ3n) is 7.20. The number of benzene rings is 2. The second-order valence-electron chi connectivity index (χ2n) is 11.1. The van der Waals surface area contributed by atoms with Crippen molar-refractivity contribution in [1.29, 1.82) is 0 Å². The number of nitrogens with one attached hydrogen (secondary N) is 1. The van der Waals surface area contributed by atoms with E-state index in [1.54, 1.807) is 0 Å². The summed E-state index contributed by atoms with van der Waals surface area (Å²) < 4.78 is 16.0. The average molecular weight is 598 g/mol. The molecule has 0 fully saturated rings. The lowest BCUT2D eigenvalue weighted by Gasteiger charge is -2.19. The van der Waals surface area contributed by atoms with Crippen LogP contribution in [0.2, 0.25) is 0 Å². The monoisotopic (exact) mass is 597 g/mol. The molecule has 3 N–H and O–H groups in total. The molecule has 2 aromatic carbocycles. The van der Waals surface area contributed by atoms with Crippen LogP contribution in [0, 0.1) is 0 Å². The first-order chi connectivity index (χ1) is 20.4. The minimum absolute atomic E-state index is 0.116. The van der Waals surface area contributed by atoms with Gasteiger partial charge in [-0.15, -0.1) is 0 Å². The van der Waals surface area contributed by atoms with Crippen molar-refractivity contribution in [2.45, 2.75) is 109 Å². The van der Waals surface area contributed by atoms with E-state index in [-0.39, 0.29) is 12.5 Å². The summed E-state index contributed by atoms with van der Waals surface area (Å²) in [5.41, 5.74) is 3.11. The normalized spacial score (nSPS) is 12.7. The Hall–Kier alpha value is -2.50. The maximum atomic E-state index is 12.6. The standard InChI is InChI=1S/C35H52NO5P/c1-2-3-4-5-6-7-8-9-10-11-12-13-14-15-19-22-35(37)36-34(30-41-42(38,39)40)29-33-27-25-32(26-28-33)24-23-31-20-17-16-18-21-31/h9-10,16-18,20-21,23-28,34H,2-8,11-15,19,22,29-30H2,1H3,(H,36,37)(H2,38,39,40)/t34-/m1/s1. The molecule has 0 heterocycles. The number of hydrogen-bond donors (Lipinski definition) is 3. The number of rotatable bonds is 23. The van der Waals surface area contributed by atoms with Crippen LogP contribution < -0.4 is 5.32 Å². The van der Waals surface area contributed by atoms with E-state index in [0.717, 1.165) is 48.8 Å². The van der Waals surface area contributed by atoms with Gasteiger partial charge in [0, 0.05) is 6.42 Å². The van der Waals surface area contributed by atoms with E-state index < -0.39 is 13.9 Å². The molecule has 0 bridgehead atoms. The predicted molar refractivity (Wildman–Crippen MR) is 175 cm³/mol. The van der Waals surface area contributed by atoms with E-state index in [1.165, 1.54) is 51.4 Å². The Balaban J connectivity index is 1.66. The lowest BCUT2D eigenvalue weighted by atomic mass is 10.0. The zero-order valence-electron chi connectivity index (χ0n) is 25.5. The Morgan fingerprint density at radius 3 is 1.93 bits per heavy atom. The first-order valence-corrected chi connectivity index (χ1v) is 17.4. The van der Waals surface area contributed by atoms with Crippen molar-refractivity contribution in [2.24, 2.45) is 0 Å². The van der Waals surface area contributed by atoms with E-state index in [4.69, 9.17) is 4.52 Å². The molecule has 0 radical (unpaired) electrons. The number of phosphoric acid groups is 1. The molecule has 0 saturated heterocycles. The quantitative estimate of drug-likeness (QED) is 0.0514. The number of phosphoric ester groups is 1. The second-order valence-corrected chi connectivity index (χ2v) is 12.3. The molecule has 0 aliphatic heterocycles. The maximum absolute atomic E-state index is 12.6. The van der Waals surface area contributed by atoms with E-state index in [1.807, 2.05) is 66.7 Å². The van der Waals surface area contributed by atoms with Crippen molar-refractivity contribution in [1.82, 2.24) is 5.32 Å². The zero-order valence-corrected chi connectivity index (χ0v) is 26.4. The Labute approximate surface area is 253 Å². The van der Waals surface area contributed by atoms with Gasteiger partial charge in [0.2, 0.25) is 5.91 Å². The third kappa shape index (κ3) is 18.8. The van der Waals surface area contributed by atoms with Crippen molar-refractivity contribution in [3.63, 3.8) is 0 Å². The topological polar surface area (TPSA) is 95.9 Å². The summed E-state index contributed by atoms with van der Waals surface area (Å²) in [6.07, 6.45) is 25.1. The summed E-state index contributed by atoms with van der Waals surface area (Å²) in [7, 11) is -4.63. The molecule has 42 heavy (non-hydrogen) atoms. The fourth-order valence-electron chi connectivity index (χ4n) is 4.80. The molecule has 7 heteroatoms. The van der Waals surface area contributed by atoms with Crippen LogP contribution in [0.5, 0.6) is 0 Å². The lowest BCUT2D eigenvalue weighted by molar-refractivity contribution is -0.122. The van der Waals surface area contributed by atoms with Crippen LogP contribution in [-0.2, 0) is 20.3 Å². The Bertz CT molecular complexity index is 1080. The zero-order chi connectivity index (χ0) is 30.3. The van der Waals surface area contributed by atoms with Gasteiger partial charge in [0.05, 0.1) is 12.6 Å². The van der Waals surface area contributed by atoms with Crippen LogP contribution in [0.3, 0.4) is 0 Å². The van der Waals surface area contributed by atoms with Crippen LogP contribution >= 0.6 is 7.82 Å². The van der Waals surface area contributed by atoms with Crippen molar-refractivity contribution in [2.75, 3.05) is 6.61 Å². The van der Waals surface area contributed by atoms with Crippen LogP contribution in [0.1, 0.15) is 114 Å². The molecule has 6 nitrogen and oxygen atoms in total. The molecule has 1 atom stereocenters. The van der Waals surface area contributed by atoms with Gasteiger partial charge in [-0.1, -0.05) is 137 Å². The largest absolute Gasteiger partial charge is 0.469 e. The summed E-state index contributed by atoms with van der Waals surface area (Å²) >= 11 is 0. The van der Waals surface area contributed by atoms with Crippen molar-refractivity contribution < 1.29 is 23.7 Å². The van der Waals surface area contributed by atoms with Crippen LogP contribution in [-0.4, -0.2) is 28.3 Å². The second kappa shape index (κ2) is 22.1. The summed E-state index contributed by atoms with van der Waals surface area (Å²) in [6.45, 7) is 2.00. The van der Waals surface area contributed by atoms with E-state index in [2.05, 4.69) is 24.4 Å². The van der Waals surface area contributed by atoms with Gasteiger partial charge in [-0.3, -0.25) is 9.32 Å². The summed E-state index contributed by atoms with van der Waals surface area (Å²) in [5.74, 6) is -0.116. The first-order valence-electron chi connectivity index (χ1n) is 15.8. The van der Waals surface area contributed by atoms with Crippen molar-refractivity contribution >= 4 is 25.9 Å². The smallest absolute Gasteiger partial charge is 0.351 e. The minimum Gasteiger partial charge on any atom is -0.351 e. The van der Waals surface area contributed by atoms with Gasteiger partial charge in [-0.25, -0.2) is 4.57 Å². The van der Waals surface area contributed by atoms with Crippen molar-refractivity contribution in [3.8, 4) is 0 Å². The van der Waals surface area contributed by atoms with E-state index in [0.29, 0.717) is 12.8 Å². The molecule has 0 spiro atoms. The minimum atomic E-state index is -4.63. The Morgan fingerprint density at radius 2 is 1.33 bits per heavy atom. The van der Waals surface area contributed by atoms with Crippen LogP contribution in [0.4, 0.5) is 0 Å². The average Bonchev–Trinajstić information content (AvgIpc) is 2.97. The summed E-state index contributed by atoms with van der Waals surface area (Å²) in [5, 5.41) is 2.92. The molecule has 232 valence electrons. The number of amides is 1. The molecule has 2 aromatic rings. The van der Waals surface area contributed by atoms with E-state index >= 15 is 0 Å². The highest BCUT2D eigenvalue weighted by Crippen LogP contribution is 2.35. The van der Waals surface area contributed by atoms with Crippen molar-refractivity contribution in [3.05, 3.63) is 83.4 Å². The van der Waals surface area contributed by atoms with Gasteiger partial charge in [-0.2, -0.15) is 0 Å². The molecule has 2 rings (SSSR count). The molecular weight excluding hydrogens is 545 g/mol. The Kier molecular flexibility index (Phi) is 18.8. The summed E-state index contributed by atoms with van der Waals surface area (Å²) in [4.78, 5) is 30.9. The number of hydrogen-bond acceptors (Lipinski definition) is 3. The van der Waals surface area contributed by atoms with Gasteiger partial charge in [-0.05, 0) is 55.2 Å². The highest BCUT2D eigenvalue weighted by Gasteiger charge is 2.20. The molecule has 0 aliphatic rings. The SMILES string of the molecule is CCCCCCCCC=CCCCCCCCC(=O)N[C@@H](COP(=O)(O)O)Cc1ccc(C=Cc2ccccc2)cc1. The Morgan fingerprint density at radius 1 is 0.786 bits per heavy atom. The molecule has 0 aliphatic carbocycles. The molecular formula is C35H52NO5P. The van der Waals surface area contributed by atoms with Crippen LogP contribution in [0.25, 0.3) is 12.2 Å². The number of carbonyl (C=O) groups is 1.